The Morgan fingerprint density at radius 2 is 1.37 bits per heavy atom. The smallest absolute Gasteiger partial charge is 0.259 e. The molecule has 6 unspecified atom stereocenters. The second kappa shape index (κ2) is 23.1. The van der Waals surface area contributed by atoms with Crippen LogP contribution >= 0.6 is 8.53 Å². The molecule has 4 rings (SSSR count). The molecule has 0 bridgehead atoms. The van der Waals surface area contributed by atoms with E-state index in [0.717, 1.165) is 28.2 Å². The molecule has 1 aliphatic heterocycles. The molecule has 3 aromatic rings. The van der Waals surface area contributed by atoms with Gasteiger partial charge in [0.15, 0.2) is 6.29 Å². The molecule has 1 N–H and O–H groups in total. The third-order valence-electron chi connectivity index (χ3n) is 9.93. The number of methoxy groups -OCH3 is 2. The molecule has 1 heterocycles. The number of hydrogen-bond acceptors (Lipinski definition) is 10. The van der Waals surface area contributed by atoms with E-state index in [1.807, 2.05) is 66.7 Å². The Balaban J connectivity index is 1.50. The van der Waals surface area contributed by atoms with E-state index in [0.29, 0.717) is 26.2 Å². The molecule has 1 aliphatic rings. The van der Waals surface area contributed by atoms with Crippen molar-refractivity contribution in [3.63, 3.8) is 0 Å². The summed E-state index contributed by atoms with van der Waals surface area (Å²) >= 11 is 0. The maximum atomic E-state index is 12.5. The summed E-state index contributed by atoms with van der Waals surface area (Å²) in [5.74, 6) is 1.13. The normalized spacial score (nSPS) is 20.4. The fraction of sp³-hybridized carbons (Fsp3) is 0.545. The highest BCUT2D eigenvalue weighted by atomic mass is 31.2. The van der Waals surface area contributed by atoms with Gasteiger partial charge in [-0.2, -0.15) is 0 Å². The zero-order valence-corrected chi connectivity index (χ0v) is 35.9. The second-order valence-electron chi connectivity index (χ2n) is 14.4. The largest absolute Gasteiger partial charge is 0.497 e. The lowest BCUT2D eigenvalue weighted by atomic mass is 9.80. The summed E-state index contributed by atoms with van der Waals surface area (Å²) in [6.45, 7) is 22.7. The standard InChI is InChI=1S/C44H62N3O9P/c1-11-40-42(51-28-30-55-57(54-26-25-45-8)47(31(2)3)32(4)5)33(6)41(46-34(7)48)43(56-40)52-27-29-53-44(35-15-13-12-14-16-35,36-17-21-38(49-9)22-18-36)37-19-23-39(50-10)24-20-37/h12-24,31-33,40-43H,11,25-30H2,1-7,9-10H3,(H,46,48). The van der Waals surface area contributed by atoms with Crippen LogP contribution in [0.1, 0.15) is 71.6 Å². The quantitative estimate of drug-likeness (QED) is 0.0439. The average Bonchev–Trinajstić information content (AvgIpc) is 3.21. The number of ether oxygens (including phenoxy) is 6. The topological polar surface area (TPSA) is 111 Å². The highest BCUT2D eigenvalue weighted by Crippen LogP contribution is 2.46. The molecule has 0 spiro atoms. The van der Waals surface area contributed by atoms with Gasteiger partial charge < -0.3 is 47.6 Å². The molecular formula is C44H62N3O9P. The van der Waals surface area contributed by atoms with Crippen molar-refractivity contribution in [3.05, 3.63) is 107 Å². The number of rotatable bonds is 23. The molecule has 13 heteroatoms. The van der Waals surface area contributed by atoms with Crippen LogP contribution in [0.3, 0.4) is 0 Å². The van der Waals surface area contributed by atoms with Crippen molar-refractivity contribution in [2.24, 2.45) is 5.92 Å². The molecule has 0 radical (unpaired) electrons. The molecule has 0 saturated carbocycles. The summed E-state index contributed by atoms with van der Waals surface area (Å²) in [4.78, 5) is 16.0. The number of carbonyl (C=O) groups excluding carboxylic acids is 1. The van der Waals surface area contributed by atoms with E-state index < -0.39 is 26.5 Å². The van der Waals surface area contributed by atoms with Gasteiger partial charge in [-0.3, -0.25) is 4.79 Å². The average molecular weight is 808 g/mol. The van der Waals surface area contributed by atoms with Crippen molar-refractivity contribution < 1.29 is 42.3 Å². The van der Waals surface area contributed by atoms with Crippen LogP contribution in [0, 0.1) is 12.5 Å². The minimum Gasteiger partial charge on any atom is -0.497 e. The van der Waals surface area contributed by atoms with Gasteiger partial charge in [0.1, 0.15) is 23.7 Å². The van der Waals surface area contributed by atoms with Crippen LogP contribution in [0.4, 0.5) is 0 Å². The van der Waals surface area contributed by atoms with Gasteiger partial charge in [0.2, 0.25) is 12.5 Å². The number of carbonyl (C=O) groups is 1. The van der Waals surface area contributed by atoms with Gasteiger partial charge in [0.25, 0.3) is 8.53 Å². The lowest BCUT2D eigenvalue weighted by Crippen LogP contribution is -2.61. The first-order valence-electron chi connectivity index (χ1n) is 19.8. The Morgan fingerprint density at radius 3 is 1.88 bits per heavy atom. The highest BCUT2D eigenvalue weighted by molar-refractivity contribution is 7.44. The van der Waals surface area contributed by atoms with Gasteiger partial charge in [0.05, 0.1) is 58.9 Å². The number of benzene rings is 3. The molecule has 6 atom stereocenters. The van der Waals surface area contributed by atoms with Crippen LogP contribution in [-0.2, 0) is 38.4 Å². The Bertz CT molecular complexity index is 1600. The molecule has 0 aliphatic carbocycles. The van der Waals surface area contributed by atoms with Gasteiger partial charge in [-0.1, -0.05) is 68.4 Å². The molecule has 1 amide bonds. The predicted octanol–water partition coefficient (Wildman–Crippen LogP) is 7.99. The lowest BCUT2D eigenvalue weighted by molar-refractivity contribution is -0.263. The van der Waals surface area contributed by atoms with E-state index in [2.05, 4.69) is 68.5 Å². The zero-order valence-electron chi connectivity index (χ0n) is 35.0. The molecule has 1 fully saturated rings. The third-order valence-corrected chi connectivity index (χ3v) is 12.0. The van der Waals surface area contributed by atoms with Crippen LogP contribution in [-0.4, -0.2) is 101 Å². The van der Waals surface area contributed by atoms with E-state index in [1.165, 1.54) is 6.92 Å². The summed E-state index contributed by atoms with van der Waals surface area (Å²) in [5, 5.41) is 3.08. The van der Waals surface area contributed by atoms with E-state index in [-0.39, 0.29) is 55.9 Å². The third kappa shape index (κ3) is 12.2. The van der Waals surface area contributed by atoms with Crippen molar-refractivity contribution in [1.82, 2.24) is 9.99 Å². The molecule has 312 valence electrons. The summed E-state index contributed by atoms with van der Waals surface area (Å²) < 4.78 is 52.0. The lowest BCUT2D eigenvalue weighted by Gasteiger charge is -2.45. The Labute approximate surface area is 341 Å². The molecule has 57 heavy (non-hydrogen) atoms. The second-order valence-corrected chi connectivity index (χ2v) is 15.9. The summed E-state index contributed by atoms with van der Waals surface area (Å²) in [6, 6.07) is 25.8. The monoisotopic (exact) mass is 807 g/mol. The van der Waals surface area contributed by atoms with Gasteiger partial charge in [0, 0.05) is 24.9 Å². The fourth-order valence-corrected chi connectivity index (χ4v) is 8.90. The number of nitrogens with zero attached hydrogens (tertiary/aromatic N) is 2. The Morgan fingerprint density at radius 1 is 0.825 bits per heavy atom. The summed E-state index contributed by atoms with van der Waals surface area (Å²) in [6.07, 6.45) is -0.692. The van der Waals surface area contributed by atoms with Crippen molar-refractivity contribution in [1.29, 1.82) is 0 Å². The highest BCUT2D eigenvalue weighted by Gasteiger charge is 2.45. The van der Waals surface area contributed by atoms with Crippen molar-refractivity contribution in [2.75, 3.05) is 53.8 Å². The molecule has 3 aromatic carbocycles. The van der Waals surface area contributed by atoms with E-state index in [1.54, 1.807) is 14.2 Å². The minimum atomic E-state index is -1.39. The van der Waals surface area contributed by atoms with Gasteiger partial charge in [-0.05, 0) is 75.1 Å². The van der Waals surface area contributed by atoms with Gasteiger partial charge in [-0.25, -0.2) is 11.2 Å². The first-order valence-corrected chi connectivity index (χ1v) is 20.9. The first-order chi connectivity index (χ1) is 27.5. The van der Waals surface area contributed by atoms with E-state index in [4.69, 9.17) is 44.0 Å². The number of amides is 1. The fourth-order valence-electron chi connectivity index (χ4n) is 7.33. The van der Waals surface area contributed by atoms with Crippen LogP contribution in [0.2, 0.25) is 0 Å². The minimum absolute atomic E-state index is 0.153. The number of hydrogen-bond donors (Lipinski definition) is 1. The SMILES string of the molecule is [C-]#[N+]CCOP(OCCOC1C(CC)OC(OCCOC(c2ccccc2)(c2ccc(OC)cc2)c2ccc(OC)cc2)C(NC(C)=O)C1C)N(C(C)C)C(C)C. The first kappa shape index (κ1) is 46.1. The van der Waals surface area contributed by atoms with Crippen molar-refractivity contribution in [3.8, 4) is 11.5 Å². The van der Waals surface area contributed by atoms with Crippen LogP contribution in [0.5, 0.6) is 11.5 Å². The maximum Gasteiger partial charge on any atom is 0.259 e. The van der Waals surface area contributed by atoms with Crippen LogP contribution in [0.15, 0.2) is 78.9 Å². The zero-order chi connectivity index (χ0) is 41.4. The van der Waals surface area contributed by atoms with Crippen LogP contribution < -0.4 is 14.8 Å². The summed E-state index contributed by atoms with van der Waals surface area (Å²) in [5.41, 5.74) is 1.77. The van der Waals surface area contributed by atoms with Gasteiger partial charge >= 0.3 is 0 Å². The number of nitrogens with one attached hydrogen (secondary N) is 1. The van der Waals surface area contributed by atoms with E-state index >= 15 is 0 Å². The molecule has 12 nitrogen and oxygen atoms in total. The van der Waals surface area contributed by atoms with Crippen LogP contribution in [0.25, 0.3) is 4.85 Å². The van der Waals surface area contributed by atoms with Gasteiger partial charge in [-0.15, -0.1) is 0 Å². The Kier molecular flexibility index (Phi) is 18.7. The van der Waals surface area contributed by atoms with Crippen molar-refractivity contribution in [2.45, 2.75) is 97.1 Å². The maximum absolute atomic E-state index is 12.5. The molecule has 0 aromatic heterocycles. The van der Waals surface area contributed by atoms with E-state index in [9.17, 15) is 4.79 Å². The molecule has 1 saturated heterocycles. The predicted molar refractivity (Wildman–Crippen MR) is 222 cm³/mol. The molecular weight excluding hydrogens is 745 g/mol. The van der Waals surface area contributed by atoms with Crippen molar-refractivity contribution >= 4 is 14.4 Å². The summed E-state index contributed by atoms with van der Waals surface area (Å²) in [7, 11) is 1.91. The Hall–Kier alpha value is -3.63.